The molecule has 0 radical (unpaired) electrons. The zero-order chi connectivity index (χ0) is 22.8. The van der Waals surface area contributed by atoms with Gasteiger partial charge in [-0.25, -0.2) is 14.5 Å². The number of methoxy groups -OCH3 is 1. The van der Waals surface area contributed by atoms with Gasteiger partial charge < -0.3 is 19.9 Å². The van der Waals surface area contributed by atoms with Crippen LogP contribution in [-0.2, 0) is 0 Å². The van der Waals surface area contributed by atoms with E-state index in [1.165, 1.54) is 0 Å². The second-order valence-corrected chi connectivity index (χ2v) is 7.98. The van der Waals surface area contributed by atoms with Gasteiger partial charge in [0.2, 0.25) is 5.95 Å². The summed E-state index contributed by atoms with van der Waals surface area (Å²) in [4.78, 5) is 13.3. The van der Waals surface area contributed by atoms with Gasteiger partial charge in [-0.1, -0.05) is 0 Å². The van der Waals surface area contributed by atoms with E-state index in [9.17, 15) is 0 Å². The number of nitrogens with one attached hydrogen (secondary N) is 1. The van der Waals surface area contributed by atoms with Gasteiger partial charge in [-0.2, -0.15) is 5.26 Å². The van der Waals surface area contributed by atoms with Crippen molar-refractivity contribution >= 4 is 22.8 Å². The molecule has 0 saturated carbocycles. The van der Waals surface area contributed by atoms with E-state index in [1.807, 2.05) is 34.9 Å². The van der Waals surface area contributed by atoms with Crippen LogP contribution in [0.3, 0.4) is 0 Å². The highest BCUT2D eigenvalue weighted by molar-refractivity contribution is 5.70. The van der Waals surface area contributed by atoms with E-state index in [0.717, 1.165) is 60.1 Å². The topological polar surface area (TPSA) is 94.6 Å². The normalized spacial score (nSPS) is 14.3. The summed E-state index contributed by atoms with van der Waals surface area (Å²) < 4.78 is 7.47. The number of nitrogens with zero attached hydrogens (tertiary/aromatic N) is 7. The van der Waals surface area contributed by atoms with Gasteiger partial charge in [-0.3, -0.25) is 0 Å². The van der Waals surface area contributed by atoms with Crippen molar-refractivity contribution in [2.75, 3.05) is 50.6 Å². The fourth-order valence-electron chi connectivity index (χ4n) is 3.95. The van der Waals surface area contributed by atoms with Gasteiger partial charge >= 0.3 is 0 Å². The molecule has 5 rings (SSSR count). The maximum absolute atomic E-state index is 8.99. The Kier molecular flexibility index (Phi) is 5.50. The molecule has 0 unspecified atom stereocenters. The number of piperazine rings is 1. The maximum Gasteiger partial charge on any atom is 0.245 e. The van der Waals surface area contributed by atoms with Gasteiger partial charge in [0.05, 0.1) is 30.2 Å². The van der Waals surface area contributed by atoms with Crippen LogP contribution in [0, 0.1) is 11.3 Å². The Morgan fingerprint density at radius 2 is 1.85 bits per heavy atom. The monoisotopic (exact) mass is 440 g/mol. The van der Waals surface area contributed by atoms with Crippen molar-refractivity contribution in [2.45, 2.75) is 0 Å². The Labute approximate surface area is 191 Å². The van der Waals surface area contributed by atoms with Gasteiger partial charge in [0.15, 0.2) is 0 Å². The molecule has 4 heterocycles. The number of pyridine rings is 1. The van der Waals surface area contributed by atoms with Crippen molar-refractivity contribution < 1.29 is 4.74 Å². The first-order valence-electron chi connectivity index (χ1n) is 10.7. The van der Waals surface area contributed by atoms with Crippen LogP contribution in [0.2, 0.25) is 0 Å². The van der Waals surface area contributed by atoms with Crippen molar-refractivity contribution in [1.82, 2.24) is 24.5 Å². The van der Waals surface area contributed by atoms with Crippen molar-refractivity contribution in [3.63, 3.8) is 0 Å². The number of aromatic nitrogens is 4. The van der Waals surface area contributed by atoms with Crippen LogP contribution in [0.1, 0.15) is 5.69 Å². The number of fused-ring (bicyclic) bond motifs is 1. The van der Waals surface area contributed by atoms with Crippen LogP contribution in [0.15, 0.2) is 54.9 Å². The van der Waals surface area contributed by atoms with Gasteiger partial charge in [-0.15, -0.1) is 5.10 Å². The molecule has 9 heteroatoms. The fraction of sp³-hybridized carbons (Fsp3) is 0.250. The van der Waals surface area contributed by atoms with Crippen molar-refractivity contribution in [3.8, 4) is 23.1 Å². The molecule has 1 aliphatic rings. The number of hydrogen-bond donors (Lipinski definition) is 1. The maximum atomic E-state index is 8.99. The average Bonchev–Trinajstić information content (AvgIpc) is 3.28. The third kappa shape index (κ3) is 4.16. The van der Waals surface area contributed by atoms with E-state index < -0.39 is 0 Å². The molecule has 0 bridgehead atoms. The molecule has 1 N–H and O–H groups in total. The number of hydrogen-bond acceptors (Lipinski definition) is 8. The second kappa shape index (κ2) is 8.76. The highest BCUT2D eigenvalue weighted by atomic mass is 16.5. The quantitative estimate of drug-likeness (QED) is 0.506. The largest absolute Gasteiger partial charge is 0.494 e. The summed E-state index contributed by atoms with van der Waals surface area (Å²) in [7, 11) is 3.82. The molecule has 0 atom stereocenters. The van der Waals surface area contributed by atoms with E-state index in [0.29, 0.717) is 11.6 Å². The SMILES string of the molecule is COc1cc(N2CCN(C)CC2)ccc1Nc1ncc2ccc(-c3ccc(C#N)nc3)n2n1. The number of likely N-dealkylation sites (N-methyl/N-ethyl adjacent to an activating group) is 1. The highest BCUT2D eigenvalue weighted by Gasteiger charge is 2.16. The van der Waals surface area contributed by atoms with Crippen LogP contribution in [-0.4, -0.2) is 64.8 Å². The number of anilines is 3. The van der Waals surface area contributed by atoms with Crippen LogP contribution >= 0.6 is 0 Å². The lowest BCUT2D eigenvalue weighted by Gasteiger charge is -2.34. The summed E-state index contributed by atoms with van der Waals surface area (Å²) >= 11 is 0. The molecular weight excluding hydrogens is 416 g/mol. The van der Waals surface area contributed by atoms with Crippen LogP contribution in [0.5, 0.6) is 5.75 Å². The highest BCUT2D eigenvalue weighted by Crippen LogP contribution is 2.32. The summed E-state index contributed by atoms with van der Waals surface area (Å²) in [6.07, 6.45) is 3.44. The molecule has 33 heavy (non-hydrogen) atoms. The first-order chi connectivity index (χ1) is 16.1. The van der Waals surface area contributed by atoms with E-state index >= 15 is 0 Å². The van der Waals surface area contributed by atoms with Crippen molar-refractivity contribution in [3.05, 3.63) is 60.6 Å². The number of ether oxygens (including phenoxy) is 1. The first kappa shape index (κ1) is 20.7. The summed E-state index contributed by atoms with van der Waals surface area (Å²) in [5, 5.41) is 17.0. The first-order valence-corrected chi connectivity index (χ1v) is 10.7. The van der Waals surface area contributed by atoms with E-state index in [1.54, 1.807) is 25.6 Å². The minimum atomic E-state index is 0.378. The Morgan fingerprint density at radius 1 is 1.00 bits per heavy atom. The third-order valence-electron chi connectivity index (χ3n) is 5.87. The van der Waals surface area contributed by atoms with Gasteiger partial charge in [0.1, 0.15) is 17.5 Å². The number of benzene rings is 1. The average molecular weight is 441 g/mol. The van der Waals surface area contributed by atoms with Crippen molar-refractivity contribution in [1.29, 1.82) is 5.26 Å². The molecule has 1 saturated heterocycles. The molecule has 0 amide bonds. The van der Waals surface area contributed by atoms with Crippen molar-refractivity contribution in [2.24, 2.45) is 0 Å². The molecule has 1 aromatic carbocycles. The standard InChI is InChI=1S/C24H24N8O/c1-30-9-11-31(12-10-30)19-5-7-21(23(13-19)33-2)28-24-27-16-20-6-8-22(32(20)29-24)17-3-4-18(14-25)26-15-17/h3-8,13,15-16H,9-12H2,1-2H3,(H,28,29). The van der Waals surface area contributed by atoms with E-state index in [4.69, 9.17) is 10.00 Å². The molecule has 4 aromatic rings. The second-order valence-electron chi connectivity index (χ2n) is 7.98. The molecule has 166 valence electrons. The number of nitriles is 1. The summed E-state index contributed by atoms with van der Waals surface area (Å²) in [5.41, 5.74) is 4.91. The fourth-order valence-corrected chi connectivity index (χ4v) is 3.95. The lowest BCUT2D eigenvalue weighted by molar-refractivity contribution is 0.312. The Balaban J connectivity index is 1.42. The Bertz CT molecular complexity index is 1320. The lowest BCUT2D eigenvalue weighted by atomic mass is 10.2. The third-order valence-corrected chi connectivity index (χ3v) is 5.87. The van der Waals surface area contributed by atoms with Crippen LogP contribution in [0.25, 0.3) is 16.8 Å². The summed E-state index contributed by atoms with van der Waals surface area (Å²) in [5.74, 6) is 1.19. The predicted molar refractivity (Wildman–Crippen MR) is 127 cm³/mol. The summed E-state index contributed by atoms with van der Waals surface area (Å²) in [6.45, 7) is 4.08. The van der Waals surface area contributed by atoms with Gasteiger partial charge in [-0.05, 0) is 43.4 Å². The molecule has 3 aromatic heterocycles. The Hall–Kier alpha value is -4.16. The molecule has 0 aliphatic carbocycles. The predicted octanol–water partition coefficient (Wildman–Crippen LogP) is 3.17. The zero-order valence-electron chi connectivity index (χ0n) is 18.6. The molecule has 1 aliphatic heterocycles. The van der Waals surface area contributed by atoms with Crippen LogP contribution < -0.4 is 15.0 Å². The minimum Gasteiger partial charge on any atom is -0.494 e. The van der Waals surface area contributed by atoms with Gasteiger partial charge in [0, 0.05) is 49.7 Å². The molecule has 0 spiro atoms. The molecule has 1 fully saturated rings. The summed E-state index contributed by atoms with van der Waals surface area (Å²) in [6, 6.07) is 15.7. The lowest BCUT2D eigenvalue weighted by Crippen LogP contribution is -2.44. The van der Waals surface area contributed by atoms with Crippen LogP contribution in [0.4, 0.5) is 17.3 Å². The molecular formula is C24H24N8O. The zero-order valence-corrected chi connectivity index (χ0v) is 18.6. The molecule has 9 nitrogen and oxygen atoms in total. The van der Waals surface area contributed by atoms with E-state index in [2.05, 4.69) is 49.4 Å². The van der Waals surface area contributed by atoms with Gasteiger partial charge in [0.25, 0.3) is 0 Å². The smallest absolute Gasteiger partial charge is 0.245 e. The Morgan fingerprint density at radius 3 is 2.58 bits per heavy atom. The van der Waals surface area contributed by atoms with E-state index in [-0.39, 0.29) is 0 Å². The number of rotatable bonds is 5. The minimum absolute atomic E-state index is 0.378.